The van der Waals surface area contributed by atoms with E-state index in [0.717, 1.165) is 11.8 Å². The van der Waals surface area contributed by atoms with Gasteiger partial charge in [-0.25, -0.2) is 0 Å². The molecule has 2 heterocycles. The Morgan fingerprint density at radius 2 is 1.80 bits per heavy atom. The summed E-state index contributed by atoms with van der Waals surface area (Å²) in [6.45, 7) is 12.1. The molecule has 0 saturated carbocycles. The molecule has 2 aliphatic rings. The zero-order chi connectivity index (χ0) is 13.9. The van der Waals surface area contributed by atoms with Crippen molar-refractivity contribution in [1.82, 2.24) is 9.80 Å². The molecule has 0 radical (unpaired) electrons. The lowest BCUT2D eigenvalue weighted by atomic mass is 10.0. The van der Waals surface area contributed by atoms with Crippen LogP contribution in [0.15, 0.2) is 29.2 Å². The van der Waals surface area contributed by atoms with E-state index in [1.807, 2.05) is 11.8 Å². The molecule has 2 aliphatic heterocycles. The summed E-state index contributed by atoms with van der Waals surface area (Å²) in [5.41, 5.74) is 1.59. The Kier molecular flexibility index (Phi) is 4.69. The van der Waals surface area contributed by atoms with E-state index in [0.29, 0.717) is 0 Å². The molecule has 20 heavy (non-hydrogen) atoms. The number of rotatable bonds is 4. The highest BCUT2D eigenvalue weighted by atomic mass is 32.2. The molecular formula is C17H26N2S. The number of hydrogen-bond acceptors (Lipinski definition) is 3. The largest absolute Gasteiger partial charge is 0.301 e. The van der Waals surface area contributed by atoms with Crippen molar-refractivity contribution in [3.8, 4) is 0 Å². The van der Waals surface area contributed by atoms with Gasteiger partial charge in [0.15, 0.2) is 0 Å². The zero-order valence-electron chi connectivity index (χ0n) is 12.7. The second-order valence-corrected chi connectivity index (χ2v) is 7.60. The molecule has 0 bridgehead atoms. The Labute approximate surface area is 127 Å². The molecule has 1 unspecified atom stereocenters. The molecule has 0 aliphatic carbocycles. The van der Waals surface area contributed by atoms with Crippen molar-refractivity contribution in [3.05, 3.63) is 29.8 Å². The standard InChI is InChI=1S/C17H26N2S/c1-14(2)11-18-7-9-19(10-8-18)12-15-13-20-17-6-4-3-5-16(15)17/h3-6,14-15H,7-13H2,1-2H3. The van der Waals surface area contributed by atoms with Crippen molar-refractivity contribution in [2.24, 2.45) is 5.92 Å². The number of benzene rings is 1. The van der Waals surface area contributed by atoms with E-state index in [4.69, 9.17) is 0 Å². The van der Waals surface area contributed by atoms with E-state index in [1.165, 1.54) is 49.9 Å². The third kappa shape index (κ3) is 3.38. The molecule has 110 valence electrons. The zero-order valence-corrected chi connectivity index (χ0v) is 13.5. The fourth-order valence-electron chi connectivity index (χ4n) is 3.36. The number of hydrogen-bond donors (Lipinski definition) is 0. The van der Waals surface area contributed by atoms with E-state index >= 15 is 0 Å². The van der Waals surface area contributed by atoms with Crippen LogP contribution in [0.25, 0.3) is 0 Å². The summed E-state index contributed by atoms with van der Waals surface area (Å²) in [7, 11) is 0. The first-order valence-corrected chi connectivity index (χ1v) is 8.87. The van der Waals surface area contributed by atoms with Gasteiger partial charge in [0.25, 0.3) is 0 Å². The predicted molar refractivity (Wildman–Crippen MR) is 87.6 cm³/mol. The van der Waals surface area contributed by atoms with Crippen molar-refractivity contribution in [1.29, 1.82) is 0 Å². The minimum Gasteiger partial charge on any atom is -0.301 e. The number of thioether (sulfide) groups is 1. The van der Waals surface area contributed by atoms with Crippen LogP contribution in [0.4, 0.5) is 0 Å². The van der Waals surface area contributed by atoms with Crippen LogP contribution in [0.5, 0.6) is 0 Å². The molecular weight excluding hydrogens is 264 g/mol. The van der Waals surface area contributed by atoms with E-state index < -0.39 is 0 Å². The van der Waals surface area contributed by atoms with Gasteiger partial charge in [0, 0.05) is 55.8 Å². The van der Waals surface area contributed by atoms with E-state index in [1.54, 1.807) is 5.56 Å². The third-order valence-corrected chi connectivity index (χ3v) is 5.62. The van der Waals surface area contributed by atoms with Gasteiger partial charge in [-0.1, -0.05) is 32.0 Å². The van der Waals surface area contributed by atoms with Gasteiger partial charge in [-0.15, -0.1) is 11.8 Å². The van der Waals surface area contributed by atoms with Crippen molar-refractivity contribution in [2.45, 2.75) is 24.7 Å². The molecule has 0 N–H and O–H groups in total. The minimum atomic E-state index is 0.743. The van der Waals surface area contributed by atoms with Crippen LogP contribution in [0.3, 0.4) is 0 Å². The van der Waals surface area contributed by atoms with Crippen molar-refractivity contribution in [2.75, 3.05) is 45.0 Å². The van der Waals surface area contributed by atoms with Crippen LogP contribution in [0.1, 0.15) is 25.3 Å². The number of nitrogens with zero attached hydrogens (tertiary/aromatic N) is 2. The first-order chi connectivity index (χ1) is 9.72. The number of piperazine rings is 1. The van der Waals surface area contributed by atoms with Gasteiger partial charge in [-0.2, -0.15) is 0 Å². The van der Waals surface area contributed by atoms with E-state index in [-0.39, 0.29) is 0 Å². The van der Waals surface area contributed by atoms with Crippen molar-refractivity contribution >= 4 is 11.8 Å². The first-order valence-electron chi connectivity index (χ1n) is 7.89. The minimum absolute atomic E-state index is 0.743. The SMILES string of the molecule is CC(C)CN1CCN(CC2CSc3ccccc32)CC1. The average molecular weight is 290 g/mol. The summed E-state index contributed by atoms with van der Waals surface area (Å²) >= 11 is 2.04. The Morgan fingerprint density at radius 1 is 1.10 bits per heavy atom. The Balaban J connectivity index is 1.51. The predicted octanol–water partition coefficient (Wildman–Crippen LogP) is 3.15. The van der Waals surface area contributed by atoms with Gasteiger partial charge in [-0.3, -0.25) is 0 Å². The molecule has 1 fully saturated rings. The molecule has 0 amide bonds. The summed E-state index contributed by atoms with van der Waals surface area (Å²) in [6, 6.07) is 8.97. The van der Waals surface area contributed by atoms with Gasteiger partial charge in [0.2, 0.25) is 0 Å². The average Bonchev–Trinajstić information content (AvgIpc) is 2.84. The second kappa shape index (κ2) is 6.50. The van der Waals surface area contributed by atoms with Crippen LogP contribution in [-0.4, -0.2) is 54.8 Å². The first kappa shape index (κ1) is 14.4. The van der Waals surface area contributed by atoms with Gasteiger partial charge < -0.3 is 9.80 Å². The second-order valence-electron chi connectivity index (χ2n) is 6.54. The third-order valence-electron chi connectivity index (χ3n) is 4.37. The lowest BCUT2D eigenvalue weighted by molar-refractivity contribution is 0.119. The summed E-state index contributed by atoms with van der Waals surface area (Å²) in [5.74, 6) is 2.80. The topological polar surface area (TPSA) is 6.48 Å². The van der Waals surface area contributed by atoms with Crippen molar-refractivity contribution in [3.63, 3.8) is 0 Å². The van der Waals surface area contributed by atoms with Crippen LogP contribution in [0.2, 0.25) is 0 Å². The molecule has 3 rings (SSSR count). The quantitative estimate of drug-likeness (QED) is 0.841. The van der Waals surface area contributed by atoms with Crippen LogP contribution in [-0.2, 0) is 0 Å². The van der Waals surface area contributed by atoms with Crippen LogP contribution < -0.4 is 0 Å². The molecule has 1 aromatic rings. The summed E-state index contributed by atoms with van der Waals surface area (Å²) in [6.07, 6.45) is 0. The smallest absolute Gasteiger partial charge is 0.0110 e. The maximum absolute atomic E-state index is 2.67. The lowest BCUT2D eigenvalue weighted by Gasteiger charge is -2.36. The molecule has 3 heteroatoms. The Hall–Kier alpha value is -0.510. The Morgan fingerprint density at radius 3 is 2.55 bits per heavy atom. The highest BCUT2D eigenvalue weighted by molar-refractivity contribution is 7.99. The van der Waals surface area contributed by atoms with Crippen LogP contribution in [0, 0.1) is 5.92 Å². The van der Waals surface area contributed by atoms with Gasteiger partial charge in [0.1, 0.15) is 0 Å². The normalized spacial score (nSPS) is 24.2. The van der Waals surface area contributed by atoms with E-state index in [9.17, 15) is 0 Å². The highest BCUT2D eigenvalue weighted by Gasteiger charge is 2.26. The molecule has 0 spiro atoms. The molecule has 2 nitrogen and oxygen atoms in total. The number of fused-ring (bicyclic) bond motifs is 1. The van der Waals surface area contributed by atoms with Gasteiger partial charge in [0.05, 0.1) is 0 Å². The molecule has 0 aromatic heterocycles. The molecule has 1 atom stereocenters. The maximum Gasteiger partial charge on any atom is 0.0110 e. The summed E-state index contributed by atoms with van der Waals surface area (Å²) in [5, 5.41) is 0. The molecule has 1 saturated heterocycles. The van der Waals surface area contributed by atoms with Gasteiger partial charge >= 0.3 is 0 Å². The van der Waals surface area contributed by atoms with Crippen molar-refractivity contribution < 1.29 is 0 Å². The van der Waals surface area contributed by atoms with Crippen LogP contribution >= 0.6 is 11.8 Å². The molecule has 1 aromatic carbocycles. The lowest BCUT2D eigenvalue weighted by Crippen LogP contribution is -2.48. The Bertz CT molecular complexity index is 438. The highest BCUT2D eigenvalue weighted by Crippen LogP contribution is 2.39. The fraction of sp³-hybridized carbons (Fsp3) is 0.647. The fourth-order valence-corrected chi connectivity index (χ4v) is 4.60. The van der Waals surface area contributed by atoms with E-state index in [2.05, 4.69) is 47.9 Å². The van der Waals surface area contributed by atoms with Gasteiger partial charge in [-0.05, 0) is 17.5 Å². The monoisotopic (exact) mass is 290 g/mol. The summed E-state index contributed by atoms with van der Waals surface area (Å²) < 4.78 is 0. The maximum atomic E-state index is 2.67. The summed E-state index contributed by atoms with van der Waals surface area (Å²) in [4.78, 5) is 6.80.